The first-order valence-corrected chi connectivity index (χ1v) is 6.26. The fourth-order valence-corrected chi connectivity index (χ4v) is 2.29. The smallest absolute Gasteiger partial charge is 0.0358 e. The van der Waals surface area contributed by atoms with E-state index >= 15 is 0 Å². The van der Waals surface area contributed by atoms with Crippen LogP contribution in [0.4, 0.5) is 0 Å². The van der Waals surface area contributed by atoms with Gasteiger partial charge in [0, 0.05) is 5.71 Å². The van der Waals surface area contributed by atoms with Gasteiger partial charge in [-0.1, -0.05) is 44.0 Å². The van der Waals surface area contributed by atoms with E-state index in [0.29, 0.717) is 11.6 Å². The molecule has 16 heavy (non-hydrogen) atoms. The fourth-order valence-electron chi connectivity index (χ4n) is 2.29. The molecule has 0 aromatic heterocycles. The molecule has 0 aliphatic carbocycles. The molecule has 0 radical (unpaired) electrons. The van der Waals surface area contributed by atoms with Crippen LogP contribution in [0.2, 0.25) is 0 Å². The van der Waals surface area contributed by atoms with Gasteiger partial charge in [0.25, 0.3) is 0 Å². The number of hydrogen-bond acceptors (Lipinski definition) is 1. The highest BCUT2D eigenvalue weighted by Gasteiger charge is 2.14. The SMILES string of the molecule is CCCC(CC)c1cc(C)ccc1C(C)=N. The molecule has 0 aliphatic heterocycles. The van der Waals surface area contributed by atoms with Crippen molar-refractivity contribution in [2.75, 3.05) is 0 Å². The number of hydrogen-bond donors (Lipinski definition) is 1. The number of nitrogens with one attached hydrogen (secondary N) is 1. The molecule has 0 aliphatic rings. The van der Waals surface area contributed by atoms with Crippen LogP contribution in [0, 0.1) is 12.3 Å². The summed E-state index contributed by atoms with van der Waals surface area (Å²) in [6.45, 7) is 8.49. The van der Waals surface area contributed by atoms with E-state index in [1.54, 1.807) is 0 Å². The van der Waals surface area contributed by atoms with Crippen LogP contribution in [0.15, 0.2) is 18.2 Å². The Morgan fingerprint density at radius 2 is 2.00 bits per heavy atom. The predicted molar refractivity (Wildman–Crippen MR) is 71.6 cm³/mol. The van der Waals surface area contributed by atoms with Gasteiger partial charge in [0.2, 0.25) is 0 Å². The normalized spacial score (nSPS) is 12.5. The van der Waals surface area contributed by atoms with Crippen LogP contribution in [0.1, 0.15) is 62.6 Å². The number of aryl methyl sites for hydroxylation is 1. The lowest BCUT2D eigenvalue weighted by Crippen LogP contribution is -2.06. The average Bonchev–Trinajstić information content (AvgIpc) is 2.25. The molecule has 1 rings (SSSR count). The van der Waals surface area contributed by atoms with Crippen molar-refractivity contribution in [1.82, 2.24) is 0 Å². The maximum atomic E-state index is 7.85. The van der Waals surface area contributed by atoms with Gasteiger partial charge in [-0.2, -0.15) is 0 Å². The van der Waals surface area contributed by atoms with Gasteiger partial charge in [0.1, 0.15) is 0 Å². The largest absolute Gasteiger partial charge is 0.305 e. The van der Waals surface area contributed by atoms with E-state index in [2.05, 4.69) is 39.0 Å². The van der Waals surface area contributed by atoms with E-state index in [1.165, 1.54) is 24.0 Å². The number of rotatable bonds is 5. The van der Waals surface area contributed by atoms with Crippen LogP contribution in [-0.2, 0) is 0 Å². The van der Waals surface area contributed by atoms with E-state index in [4.69, 9.17) is 5.41 Å². The summed E-state index contributed by atoms with van der Waals surface area (Å²) in [5.74, 6) is 0.611. The Morgan fingerprint density at radius 3 is 2.50 bits per heavy atom. The standard InChI is InChI=1S/C15H23N/c1-5-7-13(6-2)15-10-11(3)8-9-14(15)12(4)16/h8-10,13,16H,5-7H2,1-4H3. The molecule has 0 bridgehead atoms. The lowest BCUT2D eigenvalue weighted by atomic mass is 9.86. The summed E-state index contributed by atoms with van der Waals surface area (Å²) in [5, 5.41) is 7.85. The summed E-state index contributed by atoms with van der Waals surface area (Å²) in [4.78, 5) is 0. The Balaban J connectivity index is 3.16. The van der Waals surface area contributed by atoms with Crippen molar-refractivity contribution in [3.63, 3.8) is 0 Å². The molecule has 0 spiro atoms. The van der Waals surface area contributed by atoms with Crippen LogP contribution in [-0.4, -0.2) is 5.71 Å². The Kier molecular flexibility index (Phi) is 4.72. The van der Waals surface area contributed by atoms with E-state index in [0.717, 1.165) is 12.0 Å². The molecule has 1 aromatic carbocycles. The van der Waals surface area contributed by atoms with Gasteiger partial charge < -0.3 is 5.41 Å². The average molecular weight is 217 g/mol. The molecular weight excluding hydrogens is 194 g/mol. The minimum absolute atomic E-state index is 0.611. The van der Waals surface area contributed by atoms with Crippen molar-refractivity contribution in [1.29, 1.82) is 5.41 Å². The predicted octanol–water partition coefficient (Wildman–Crippen LogP) is 4.68. The second-order valence-electron chi connectivity index (χ2n) is 4.61. The Morgan fingerprint density at radius 1 is 1.31 bits per heavy atom. The lowest BCUT2D eigenvalue weighted by Gasteiger charge is -2.19. The van der Waals surface area contributed by atoms with Gasteiger partial charge in [-0.15, -0.1) is 0 Å². The van der Waals surface area contributed by atoms with Crippen molar-refractivity contribution < 1.29 is 0 Å². The van der Waals surface area contributed by atoms with Gasteiger partial charge in [0.05, 0.1) is 0 Å². The van der Waals surface area contributed by atoms with Crippen LogP contribution in [0.3, 0.4) is 0 Å². The molecule has 1 heteroatoms. The molecule has 0 heterocycles. The molecule has 0 fully saturated rings. The summed E-state index contributed by atoms with van der Waals surface area (Å²) in [5.41, 5.74) is 4.49. The van der Waals surface area contributed by atoms with Crippen molar-refractivity contribution in [2.45, 2.75) is 52.9 Å². The van der Waals surface area contributed by atoms with E-state index in [-0.39, 0.29) is 0 Å². The summed E-state index contributed by atoms with van der Waals surface area (Å²) in [6, 6.07) is 6.47. The van der Waals surface area contributed by atoms with Crippen molar-refractivity contribution in [2.24, 2.45) is 0 Å². The monoisotopic (exact) mass is 217 g/mol. The van der Waals surface area contributed by atoms with Gasteiger partial charge in [-0.3, -0.25) is 0 Å². The third-order valence-corrected chi connectivity index (χ3v) is 3.18. The molecule has 1 aromatic rings. The highest BCUT2D eigenvalue weighted by molar-refractivity contribution is 5.97. The fraction of sp³-hybridized carbons (Fsp3) is 0.533. The first-order valence-electron chi connectivity index (χ1n) is 6.26. The highest BCUT2D eigenvalue weighted by Crippen LogP contribution is 2.28. The molecule has 0 amide bonds. The molecule has 1 nitrogen and oxygen atoms in total. The molecule has 0 saturated carbocycles. The summed E-state index contributed by atoms with van der Waals surface area (Å²) >= 11 is 0. The summed E-state index contributed by atoms with van der Waals surface area (Å²) in [7, 11) is 0. The first-order chi connectivity index (χ1) is 7.60. The maximum Gasteiger partial charge on any atom is 0.0358 e. The maximum absolute atomic E-state index is 7.85. The zero-order chi connectivity index (χ0) is 12.1. The molecule has 0 saturated heterocycles. The molecule has 88 valence electrons. The second kappa shape index (κ2) is 5.83. The van der Waals surface area contributed by atoms with Gasteiger partial charge in [-0.05, 0) is 43.7 Å². The van der Waals surface area contributed by atoms with Crippen LogP contribution in [0.25, 0.3) is 0 Å². The van der Waals surface area contributed by atoms with E-state index in [9.17, 15) is 0 Å². The zero-order valence-corrected chi connectivity index (χ0v) is 10.9. The van der Waals surface area contributed by atoms with Gasteiger partial charge in [0.15, 0.2) is 0 Å². The first kappa shape index (κ1) is 13.0. The minimum Gasteiger partial charge on any atom is -0.305 e. The summed E-state index contributed by atoms with van der Waals surface area (Å²) < 4.78 is 0. The van der Waals surface area contributed by atoms with Crippen LogP contribution >= 0.6 is 0 Å². The minimum atomic E-state index is 0.611. The third-order valence-electron chi connectivity index (χ3n) is 3.18. The quantitative estimate of drug-likeness (QED) is 0.693. The van der Waals surface area contributed by atoms with E-state index < -0.39 is 0 Å². The molecular formula is C15H23N. The van der Waals surface area contributed by atoms with Gasteiger partial charge >= 0.3 is 0 Å². The van der Waals surface area contributed by atoms with E-state index in [1.807, 2.05) is 6.92 Å². The molecule has 1 N–H and O–H groups in total. The van der Waals surface area contributed by atoms with Crippen molar-refractivity contribution >= 4 is 5.71 Å². The molecule has 1 atom stereocenters. The van der Waals surface area contributed by atoms with Gasteiger partial charge in [-0.25, -0.2) is 0 Å². The van der Waals surface area contributed by atoms with Crippen LogP contribution < -0.4 is 0 Å². The van der Waals surface area contributed by atoms with Crippen LogP contribution in [0.5, 0.6) is 0 Å². The number of benzene rings is 1. The topological polar surface area (TPSA) is 23.9 Å². The van der Waals surface area contributed by atoms with Crippen molar-refractivity contribution in [3.05, 3.63) is 34.9 Å². The highest BCUT2D eigenvalue weighted by atomic mass is 14.4. The van der Waals surface area contributed by atoms with Crippen molar-refractivity contribution in [3.8, 4) is 0 Å². The Bertz CT molecular complexity index is 366. The second-order valence-corrected chi connectivity index (χ2v) is 4.61. The summed E-state index contributed by atoms with van der Waals surface area (Å²) in [6.07, 6.45) is 3.60. The molecule has 1 unspecified atom stereocenters. The zero-order valence-electron chi connectivity index (χ0n) is 10.9. The Labute approximate surface area is 99.4 Å². The Hall–Kier alpha value is -1.11. The lowest BCUT2D eigenvalue weighted by molar-refractivity contribution is 0.595. The third kappa shape index (κ3) is 2.94.